The summed E-state index contributed by atoms with van der Waals surface area (Å²) in [6.07, 6.45) is 3.22. The molecule has 0 amide bonds. The molecule has 0 saturated carbocycles. The second kappa shape index (κ2) is 6.45. The number of nitrogens with zero attached hydrogens (tertiary/aromatic N) is 2. The minimum Gasteiger partial charge on any atom is -0.369 e. The number of benzene rings is 1. The molecule has 3 rings (SSSR count). The molecule has 0 radical (unpaired) electrons. The zero-order valence-electron chi connectivity index (χ0n) is 12.3. The van der Waals surface area contributed by atoms with Gasteiger partial charge in [0.25, 0.3) is 0 Å². The fraction of sp³-hybridized carbons (Fsp3) is 0.600. The van der Waals surface area contributed by atoms with Crippen molar-refractivity contribution in [3.8, 4) is 0 Å². The fourth-order valence-corrected chi connectivity index (χ4v) is 5.58. The molecule has 22 heavy (non-hydrogen) atoms. The summed E-state index contributed by atoms with van der Waals surface area (Å²) in [6.45, 7) is 2.01. The molecule has 1 aromatic rings. The number of hydrogen-bond acceptors (Lipinski definition) is 3. The first-order valence-electron chi connectivity index (χ1n) is 7.67. The van der Waals surface area contributed by atoms with Gasteiger partial charge in [-0.2, -0.15) is 4.31 Å². The van der Waals surface area contributed by atoms with Crippen LogP contribution in [0, 0.1) is 5.82 Å². The van der Waals surface area contributed by atoms with Gasteiger partial charge in [-0.05, 0) is 53.7 Å². The summed E-state index contributed by atoms with van der Waals surface area (Å²) in [5.74, 6) is 0.0274. The molecule has 2 aliphatic heterocycles. The number of anilines is 1. The Kier molecular flexibility index (Phi) is 4.75. The molecule has 0 unspecified atom stereocenters. The van der Waals surface area contributed by atoms with E-state index in [1.54, 1.807) is 16.4 Å². The van der Waals surface area contributed by atoms with Gasteiger partial charge in [-0.3, -0.25) is 0 Å². The maximum absolute atomic E-state index is 14.2. The van der Waals surface area contributed by atoms with Gasteiger partial charge >= 0.3 is 0 Å². The molecule has 0 spiro atoms. The standard InChI is InChI=1S/C15H20BrFN2O2S/c16-13-4-3-5-14(15(13)17)18-9-6-12(7-10-18)19-8-1-2-11-22(19,20)21/h3-5,12H,1-2,6-11H2. The Hall–Kier alpha value is -0.660. The van der Waals surface area contributed by atoms with Gasteiger partial charge in [0.2, 0.25) is 10.0 Å². The van der Waals surface area contributed by atoms with Crippen molar-refractivity contribution in [1.29, 1.82) is 0 Å². The van der Waals surface area contributed by atoms with Crippen LogP contribution in [0.1, 0.15) is 25.7 Å². The molecule has 0 aliphatic carbocycles. The molecule has 1 aromatic carbocycles. The molecular formula is C15H20BrFN2O2S. The largest absolute Gasteiger partial charge is 0.369 e. The quantitative estimate of drug-likeness (QED) is 0.779. The number of sulfonamides is 1. The zero-order chi connectivity index (χ0) is 15.7. The smallest absolute Gasteiger partial charge is 0.214 e. The van der Waals surface area contributed by atoms with Crippen molar-refractivity contribution in [2.75, 3.05) is 30.3 Å². The molecule has 122 valence electrons. The first-order chi connectivity index (χ1) is 10.5. The van der Waals surface area contributed by atoms with E-state index in [4.69, 9.17) is 0 Å². The minimum atomic E-state index is -3.09. The highest BCUT2D eigenvalue weighted by Crippen LogP contribution is 2.30. The second-order valence-electron chi connectivity index (χ2n) is 5.93. The molecule has 0 atom stereocenters. The minimum absolute atomic E-state index is 0.0664. The Morgan fingerprint density at radius 3 is 2.55 bits per heavy atom. The van der Waals surface area contributed by atoms with Crippen LogP contribution in [0.15, 0.2) is 22.7 Å². The van der Waals surface area contributed by atoms with E-state index < -0.39 is 10.0 Å². The van der Waals surface area contributed by atoms with Crippen LogP contribution in [-0.2, 0) is 10.0 Å². The van der Waals surface area contributed by atoms with Crippen molar-refractivity contribution < 1.29 is 12.8 Å². The average molecular weight is 391 g/mol. The summed E-state index contributed by atoms with van der Waals surface area (Å²) in [6, 6.07) is 5.35. The van der Waals surface area contributed by atoms with Crippen LogP contribution in [0.2, 0.25) is 0 Å². The van der Waals surface area contributed by atoms with E-state index in [0.29, 0.717) is 29.8 Å². The highest BCUT2D eigenvalue weighted by Gasteiger charge is 2.34. The first-order valence-corrected chi connectivity index (χ1v) is 10.1. The molecule has 0 N–H and O–H groups in total. The SMILES string of the molecule is O=S1(=O)CCCCN1C1CCN(c2cccc(Br)c2F)CC1. The predicted octanol–water partition coefficient (Wildman–Crippen LogP) is 2.98. The normalized spacial score (nSPS) is 23.6. The van der Waals surface area contributed by atoms with Crippen molar-refractivity contribution in [3.05, 3.63) is 28.5 Å². The summed E-state index contributed by atoms with van der Waals surface area (Å²) in [7, 11) is -3.09. The molecule has 2 aliphatic rings. The van der Waals surface area contributed by atoms with Crippen molar-refractivity contribution in [3.63, 3.8) is 0 Å². The third kappa shape index (κ3) is 3.16. The Labute approximate surface area is 139 Å². The van der Waals surface area contributed by atoms with Crippen LogP contribution in [0.25, 0.3) is 0 Å². The lowest BCUT2D eigenvalue weighted by Crippen LogP contribution is -2.50. The predicted molar refractivity (Wildman–Crippen MR) is 89.1 cm³/mol. The van der Waals surface area contributed by atoms with Crippen LogP contribution in [0.5, 0.6) is 0 Å². The Balaban J connectivity index is 1.69. The lowest BCUT2D eigenvalue weighted by molar-refractivity contribution is 0.261. The molecular weight excluding hydrogens is 371 g/mol. The monoisotopic (exact) mass is 390 g/mol. The molecule has 2 heterocycles. The van der Waals surface area contributed by atoms with Gasteiger partial charge < -0.3 is 4.90 Å². The van der Waals surface area contributed by atoms with E-state index in [-0.39, 0.29) is 17.6 Å². The molecule has 2 fully saturated rings. The third-order valence-corrected chi connectivity index (χ3v) is 7.14. The van der Waals surface area contributed by atoms with Crippen molar-refractivity contribution in [2.24, 2.45) is 0 Å². The average Bonchev–Trinajstić information content (AvgIpc) is 2.50. The van der Waals surface area contributed by atoms with Gasteiger partial charge in [0.1, 0.15) is 0 Å². The molecule has 4 nitrogen and oxygen atoms in total. The maximum Gasteiger partial charge on any atom is 0.214 e. The van der Waals surface area contributed by atoms with E-state index >= 15 is 0 Å². The Morgan fingerprint density at radius 2 is 1.86 bits per heavy atom. The zero-order valence-corrected chi connectivity index (χ0v) is 14.7. The van der Waals surface area contributed by atoms with Crippen LogP contribution < -0.4 is 4.90 Å². The van der Waals surface area contributed by atoms with Crippen LogP contribution in [-0.4, -0.2) is 44.2 Å². The lowest BCUT2D eigenvalue weighted by atomic mass is 10.0. The van der Waals surface area contributed by atoms with Crippen molar-refractivity contribution in [2.45, 2.75) is 31.7 Å². The van der Waals surface area contributed by atoms with E-state index in [2.05, 4.69) is 15.9 Å². The summed E-state index contributed by atoms with van der Waals surface area (Å²) in [5.41, 5.74) is 0.592. The highest BCUT2D eigenvalue weighted by molar-refractivity contribution is 9.10. The van der Waals surface area contributed by atoms with Gasteiger partial charge in [-0.25, -0.2) is 12.8 Å². The van der Waals surface area contributed by atoms with E-state index in [9.17, 15) is 12.8 Å². The van der Waals surface area contributed by atoms with Crippen molar-refractivity contribution in [1.82, 2.24) is 4.31 Å². The van der Waals surface area contributed by atoms with Gasteiger partial charge in [0.15, 0.2) is 5.82 Å². The summed E-state index contributed by atoms with van der Waals surface area (Å²) >= 11 is 3.21. The third-order valence-electron chi connectivity index (χ3n) is 4.53. The van der Waals surface area contributed by atoms with Gasteiger partial charge in [0, 0.05) is 25.7 Å². The summed E-state index contributed by atoms with van der Waals surface area (Å²) in [5, 5.41) is 0. The second-order valence-corrected chi connectivity index (χ2v) is 8.82. The topological polar surface area (TPSA) is 40.6 Å². The van der Waals surface area contributed by atoms with Crippen molar-refractivity contribution >= 4 is 31.6 Å². The maximum atomic E-state index is 14.2. The van der Waals surface area contributed by atoms with Crippen LogP contribution in [0.4, 0.5) is 10.1 Å². The number of rotatable bonds is 2. The molecule has 0 bridgehead atoms. The summed E-state index contributed by atoms with van der Waals surface area (Å²) < 4.78 is 40.7. The van der Waals surface area contributed by atoms with Crippen LogP contribution in [0.3, 0.4) is 0 Å². The van der Waals surface area contributed by atoms with Gasteiger partial charge in [-0.1, -0.05) is 6.07 Å². The van der Waals surface area contributed by atoms with E-state index in [1.807, 2.05) is 11.0 Å². The summed E-state index contributed by atoms with van der Waals surface area (Å²) in [4.78, 5) is 2.01. The first kappa shape index (κ1) is 16.2. The fourth-order valence-electron chi connectivity index (χ4n) is 3.35. The lowest BCUT2D eigenvalue weighted by Gasteiger charge is -2.40. The number of piperidine rings is 1. The van der Waals surface area contributed by atoms with E-state index in [0.717, 1.165) is 25.7 Å². The number of halogens is 2. The highest BCUT2D eigenvalue weighted by atomic mass is 79.9. The van der Waals surface area contributed by atoms with E-state index in [1.165, 1.54) is 0 Å². The van der Waals surface area contributed by atoms with Crippen LogP contribution >= 0.6 is 15.9 Å². The molecule has 0 aromatic heterocycles. The Morgan fingerprint density at radius 1 is 1.14 bits per heavy atom. The molecule has 2 saturated heterocycles. The number of hydrogen-bond donors (Lipinski definition) is 0. The Bertz CT molecular complexity index is 645. The van der Waals surface area contributed by atoms with Gasteiger partial charge in [-0.15, -0.1) is 0 Å². The van der Waals surface area contributed by atoms with Gasteiger partial charge in [0.05, 0.1) is 15.9 Å². The molecule has 7 heteroatoms.